The number of halogens is 5. The van der Waals surface area contributed by atoms with Crippen LogP contribution in [-0.2, 0) is 6.18 Å². The second-order valence-corrected chi connectivity index (χ2v) is 5.47. The van der Waals surface area contributed by atoms with Crippen LogP contribution in [0.5, 0.6) is 0 Å². The van der Waals surface area contributed by atoms with Gasteiger partial charge in [-0.1, -0.05) is 47.5 Å². The summed E-state index contributed by atoms with van der Waals surface area (Å²) in [5, 5.41) is 11.7. The van der Waals surface area contributed by atoms with Crippen molar-refractivity contribution < 1.29 is 13.2 Å². The zero-order valence-corrected chi connectivity index (χ0v) is 12.8. The van der Waals surface area contributed by atoms with Crippen LogP contribution in [0.4, 0.5) is 24.7 Å². The van der Waals surface area contributed by atoms with Crippen molar-refractivity contribution in [1.29, 1.82) is 0 Å². The van der Waals surface area contributed by atoms with E-state index in [1.165, 1.54) is 12.1 Å². The van der Waals surface area contributed by atoms with Gasteiger partial charge in [0, 0.05) is 16.5 Å². The molecule has 8 heteroatoms. The summed E-state index contributed by atoms with van der Waals surface area (Å²) < 4.78 is 38.7. The quantitative estimate of drug-likeness (QED) is 0.639. The van der Waals surface area contributed by atoms with Crippen molar-refractivity contribution in [2.24, 2.45) is 0 Å². The first-order valence-corrected chi connectivity index (χ1v) is 7.16. The van der Waals surface area contributed by atoms with Crippen LogP contribution >= 0.6 is 23.2 Å². The maximum Gasteiger partial charge on any atom is 0.417 e. The van der Waals surface area contributed by atoms with E-state index in [1.54, 1.807) is 24.3 Å². The fourth-order valence-corrected chi connectivity index (χ4v) is 2.55. The largest absolute Gasteiger partial charge is 0.417 e. The zero-order valence-electron chi connectivity index (χ0n) is 11.3. The van der Waals surface area contributed by atoms with Gasteiger partial charge in [-0.15, -0.1) is 10.2 Å². The Kier molecular flexibility index (Phi) is 4.04. The van der Waals surface area contributed by atoms with E-state index in [0.29, 0.717) is 16.6 Å². The summed E-state index contributed by atoms with van der Waals surface area (Å²) in [7, 11) is 0. The molecule has 23 heavy (non-hydrogen) atoms. The maximum absolute atomic E-state index is 12.9. The molecular weight excluding hydrogens is 350 g/mol. The molecule has 3 nitrogen and oxygen atoms in total. The lowest BCUT2D eigenvalue weighted by Gasteiger charge is -2.13. The third kappa shape index (κ3) is 3.18. The molecule has 118 valence electrons. The van der Waals surface area contributed by atoms with Crippen molar-refractivity contribution in [3.05, 3.63) is 58.2 Å². The highest BCUT2D eigenvalue weighted by molar-refractivity contribution is 6.34. The lowest BCUT2D eigenvalue weighted by Crippen LogP contribution is -2.07. The average Bonchev–Trinajstić information content (AvgIpc) is 2.51. The summed E-state index contributed by atoms with van der Waals surface area (Å²) in [6.07, 6.45) is -4.54. The minimum atomic E-state index is -4.54. The molecule has 0 saturated heterocycles. The molecule has 0 saturated carbocycles. The molecule has 0 aliphatic carbocycles. The fraction of sp³-hybridized carbons (Fsp3) is 0.0667. The molecule has 0 aliphatic rings. The van der Waals surface area contributed by atoms with Gasteiger partial charge in [0.15, 0.2) is 11.0 Å². The highest BCUT2D eigenvalue weighted by Crippen LogP contribution is 2.37. The van der Waals surface area contributed by atoms with Crippen LogP contribution in [0, 0.1) is 0 Å². The second kappa shape index (κ2) is 5.86. The molecular formula is C15H8Cl2F3N3. The topological polar surface area (TPSA) is 37.8 Å². The number of aromatic nitrogens is 2. The van der Waals surface area contributed by atoms with E-state index in [9.17, 15) is 13.2 Å². The fourth-order valence-electron chi connectivity index (χ4n) is 2.12. The molecule has 0 spiro atoms. The average molecular weight is 358 g/mol. The summed E-state index contributed by atoms with van der Waals surface area (Å²) in [6, 6.07) is 10.6. The molecule has 0 fully saturated rings. The Morgan fingerprint density at radius 3 is 2.30 bits per heavy atom. The van der Waals surface area contributed by atoms with E-state index < -0.39 is 11.7 Å². The number of alkyl halides is 3. The van der Waals surface area contributed by atoms with Crippen molar-refractivity contribution in [2.45, 2.75) is 6.18 Å². The predicted octanol–water partition coefficient (Wildman–Crippen LogP) is 5.70. The number of hydrogen-bond acceptors (Lipinski definition) is 3. The summed E-state index contributed by atoms with van der Waals surface area (Å²) in [5.41, 5.74) is -0.723. The zero-order chi connectivity index (χ0) is 16.6. The summed E-state index contributed by atoms with van der Waals surface area (Å²) in [5.74, 6) is 0.306. The Labute approximate surface area is 139 Å². The van der Waals surface area contributed by atoms with Gasteiger partial charge in [0.1, 0.15) is 0 Å². The van der Waals surface area contributed by atoms with Crippen LogP contribution in [0.15, 0.2) is 42.5 Å². The minimum Gasteiger partial charge on any atom is -0.338 e. The Morgan fingerprint density at radius 1 is 0.913 bits per heavy atom. The van der Waals surface area contributed by atoms with Crippen LogP contribution in [0.2, 0.25) is 10.2 Å². The highest BCUT2D eigenvalue weighted by atomic mass is 35.5. The SMILES string of the molecule is FC(F)(F)c1cc(Nc2nnc(Cl)c3ccccc23)ccc1Cl. The second-order valence-electron chi connectivity index (χ2n) is 4.70. The van der Waals surface area contributed by atoms with Crippen LogP contribution in [0.25, 0.3) is 10.8 Å². The Hall–Kier alpha value is -2.05. The first kappa shape index (κ1) is 15.8. The van der Waals surface area contributed by atoms with Crippen LogP contribution in [0.3, 0.4) is 0 Å². The van der Waals surface area contributed by atoms with E-state index in [4.69, 9.17) is 23.2 Å². The Morgan fingerprint density at radius 2 is 1.61 bits per heavy atom. The molecule has 1 heterocycles. The van der Waals surface area contributed by atoms with Crippen LogP contribution in [-0.4, -0.2) is 10.2 Å². The lowest BCUT2D eigenvalue weighted by atomic mass is 10.1. The number of hydrogen-bond donors (Lipinski definition) is 1. The van der Waals surface area contributed by atoms with Crippen molar-refractivity contribution in [2.75, 3.05) is 5.32 Å². The number of rotatable bonds is 2. The molecule has 3 aromatic rings. The maximum atomic E-state index is 12.9. The first-order valence-electron chi connectivity index (χ1n) is 6.41. The van der Waals surface area contributed by atoms with Gasteiger partial charge in [-0.05, 0) is 18.2 Å². The molecule has 0 unspecified atom stereocenters. The van der Waals surface area contributed by atoms with Crippen molar-refractivity contribution in [1.82, 2.24) is 10.2 Å². The van der Waals surface area contributed by atoms with Gasteiger partial charge in [0.2, 0.25) is 0 Å². The number of benzene rings is 2. The van der Waals surface area contributed by atoms with Crippen molar-refractivity contribution in [3.8, 4) is 0 Å². The van der Waals surface area contributed by atoms with E-state index in [2.05, 4.69) is 15.5 Å². The number of anilines is 2. The highest BCUT2D eigenvalue weighted by Gasteiger charge is 2.33. The molecule has 2 aromatic carbocycles. The van der Waals surface area contributed by atoms with Gasteiger partial charge in [0.05, 0.1) is 10.6 Å². The molecule has 1 N–H and O–H groups in total. The summed E-state index contributed by atoms with van der Waals surface area (Å²) in [6.45, 7) is 0. The van der Waals surface area contributed by atoms with Crippen LogP contribution < -0.4 is 5.32 Å². The molecule has 0 aliphatic heterocycles. The lowest BCUT2D eigenvalue weighted by molar-refractivity contribution is -0.137. The molecule has 0 atom stereocenters. The predicted molar refractivity (Wildman–Crippen MR) is 84.3 cm³/mol. The molecule has 0 amide bonds. The first-order chi connectivity index (χ1) is 10.9. The molecule has 3 rings (SSSR count). The van der Waals surface area contributed by atoms with Gasteiger partial charge in [-0.3, -0.25) is 0 Å². The number of nitrogens with one attached hydrogen (secondary N) is 1. The van der Waals surface area contributed by atoms with Crippen LogP contribution in [0.1, 0.15) is 5.56 Å². The molecule has 1 aromatic heterocycles. The third-order valence-corrected chi connectivity index (χ3v) is 3.79. The van der Waals surface area contributed by atoms with Gasteiger partial charge in [-0.2, -0.15) is 13.2 Å². The van der Waals surface area contributed by atoms with E-state index >= 15 is 0 Å². The molecule has 0 radical (unpaired) electrons. The van der Waals surface area contributed by atoms with E-state index in [-0.39, 0.29) is 15.9 Å². The Bertz CT molecular complexity index is 881. The van der Waals surface area contributed by atoms with Gasteiger partial charge >= 0.3 is 6.18 Å². The third-order valence-electron chi connectivity index (χ3n) is 3.18. The Balaban J connectivity index is 2.05. The summed E-state index contributed by atoms with van der Waals surface area (Å²) in [4.78, 5) is 0. The van der Waals surface area contributed by atoms with Crippen molar-refractivity contribution in [3.63, 3.8) is 0 Å². The normalized spacial score (nSPS) is 11.7. The minimum absolute atomic E-state index is 0.198. The van der Waals surface area contributed by atoms with Gasteiger partial charge in [0.25, 0.3) is 0 Å². The number of nitrogens with zero attached hydrogens (tertiary/aromatic N) is 2. The van der Waals surface area contributed by atoms with Gasteiger partial charge < -0.3 is 5.32 Å². The number of fused-ring (bicyclic) bond motifs is 1. The summed E-state index contributed by atoms with van der Waals surface area (Å²) >= 11 is 11.6. The van der Waals surface area contributed by atoms with E-state index in [0.717, 1.165) is 6.07 Å². The van der Waals surface area contributed by atoms with Crippen molar-refractivity contribution >= 4 is 45.5 Å². The van der Waals surface area contributed by atoms with Gasteiger partial charge in [-0.25, -0.2) is 0 Å². The van der Waals surface area contributed by atoms with E-state index in [1.807, 2.05) is 0 Å². The molecule has 0 bridgehead atoms. The monoisotopic (exact) mass is 357 g/mol. The smallest absolute Gasteiger partial charge is 0.338 e. The standard InChI is InChI=1S/C15H8Cl2F3N3/c16-12-6-5-8(7-11(12)15(18,19)20)21-14-10-4-2-1-3-9(10)13(17)22-23-14/h1-7H,(H,21,23).